The number of rotatable bonds is 2. The van der Waals surface area contributed by atoms with Crippen molar-refractivity contribution in [1.29, 1.82) is 0 Å². The molecule has 0 unspecified atom stereocenters. The molecule has 8 heteroatoms. The van der Waals surface area contributed by atoms with Gasteiger partial charge in [-0.25, -0.2) is 0 Å². The van der Waals surface area contributed by atoms with Gasteiger partial charge >= 0.3 is 0 Å². The number of aromatic nitrogens is 3. The summed E-state index contributed by atoms with van der Waals surface area (Å²) >= 11 is 0. The van der Waals surface area contributed by atoms with E-state index in [1.54, 1.807) is 6.92 Å². The van der Waals surface area contributed by atoms with E-state index in [0.29, 0.717) is 19.6 Å². The molecular formula is C21H27N5O3. The molecule has 3 aliphatic rings. The summed E-state index contributed by atoms with van der Waals surface area (Å²) in [5, 5.41) is 8.80. The molecule has 154 valence electrons. The Morgan fingerprint density at radius 2 is 1.90 bits per heavy atom. The normalized spacial score (nSPS) is 21.2. The van der Waals surface area contributed by atoms with Crippen LogP contribution in [0.15, 0.2) is 4.42 Å². The van der Waals surface area contributed by atoms with Crippen LogP contribution < -0.4 is 0 Å². The summed E-state index contributed by atoms with van der Waals surface area (Å²) < 4.78 is 8.01. The van der Waals surface area contributed by atoms with Crippen LogP contribution in [0.2, 0.25) is 0 Å². The van der Waals surface area contributed by atoms with E-state index in [-0.39, 0.29) is 17.9 Å². The lowest BCUT2D eigenvalue weighted by Crippen LogP contribution is -2.40. The summed E-state index contributed by atoms with van der Waals surface area (Å²) in [5.74, 6) is 3.50. The smallest absolute Gasteiger partial charge is 0.258 e. The number of carbonyl (C=O) groups is 2. The lowest BCUT2D eigenvalue weighted by atomic mass is 9.94. The van der Waals surface area contributed by atoms with Gasteiger partial charge < -0.3 is 18.8 Å². The van der Waals surface area contributed by atoms with Gasteiger partial charge in [0.1, 0.15) is 11.5 Å². The van der Waals surface area contributed by atoms with Crippen LogP contribution in [0.1, 0.15) is 77.7 Å². The summed E-state index contributed by atoms with van der Waals surface area (Å²) in [6, 6.07) is -0.000797. The van der Waals surface area contributed by atoms with E-state index in [0.717, 1.165) is 79.4 Å². The Morgan fingerprint density at radius 1 is 1.07 bits per heavy atom. The molecule has 1 fully saturated rings. The van der Waals surface area contributed by atoms with E-state index >= 15 is 0 Å². The molecule has 0 spiro atoms. The zero-order valence-corrected chi connectivity index (χ0v) is 17.1. The highest BCUT2D eigenvalue weighted by Crippen LogP contribution is 2.33. The maximum absolute atomic E-state index is 13.3. The molecule has 0 N–H and O–H groups in total. The van der Waals surface area contributed by atoms with Crippen molar-refractivity contribution in [3.05, 3.63) is 34.3 Å². The van der Waals surface area contributed by atoms with Gasteiger partial charge in [-0.2, -0.15) is 0 Å². The predicted octanol–water partition coefficient (Wildman–Crippen LogP) is 2.40. The van der Waals surface area contributed by atoms with Gasteiger partial charge in [0.2, 0.25) is 5.91 Å². The molecule has 1 aliphatic carbocycles. The molecule has 1 atom stereocenters. The Kier molecular flexibility index (Phi) is 4.44. The molecule has 5 rings (SSSR count). The maximum Gasteiger partial charge on any atom is 0.258 e. The zero-order chi connectivity index (χ0) is 20.1. The van der Waals surface area contributed by atoms with Gasteiger partial charge in [-0.15, -0.1) is 10.2 Å². The molecule has 0 aromatic carbocycles. The third-order valence-electron chi connectivity index (χ3n) is 6.59. The van der Waals surface area contributed by atoms with Crippen molar-refractivity contribution >= 4 is 11.8 Å². The highest BCUT2D eigenvalue weighted by atomic mass is 16.3. The van der Waals surface area contributed by atoms with Crippen molar-refractivity contribution < 1.29 is 14.0 Å². The predicted molar refractivity (Wildman–Crippen MR) is 104 cm³/mol. The third-order valence-corrected chi connectivity index (χ3v) is 6.59. The van der Waals surface area contributed by atoms with Crippen LogP contribution in [-0.2, 0) is 30.7 Å². The van der Waals surface area contributed by atoms with Crippen molar-refractivity contribution in [3.8, 4) is 0 Å². The van der Waals surface area contributed by atoms with Gasteiger partial charge in [-0.1, -0.05) is 0 Å². The van der Waals surface area contributed by atoms with E-state index in [1.165, 1.54) is 0 Å². The number of hydrogen-bond donors (Lipinski definition) is 0. The lowest BCUT2D eigenvalue weighted by molar-refractivity contribution is -0.129. The number of hydrogen-bond acceptors (Lipinski definition) is 5. The number of fused-ring (bicyclic) bond motifs is 2. The molecule has 2 amide bonds. The van der Waals surface area contributed by atoms with E-state index in [1.807, 2.05) is 16.7 Å². The number of amides is 2. The zero-order valence-electron chi connectivity index (χ0n) is 17.1. The van der Waals surface area contributed by atoms with Crippen molar-refractivity contribution in [3.63, 3.8) is 0 Å². The van der Waals surface area contributed by atoms with Crippen LogP contribution in [-0.4, -0.2) is 49.5 Å². The first-order valence-corrected chi connectivity index (χ1v) is 10.6. The van der Waals surface area contributed by atoms with Gasteiger partial charge in [0, 0.05) is 38.5 Å². The largest absolute Gasteiger partial charge is 0.465 e. The first-order valence-electron chi connectivity index (χ1n) is 10.6. The second-order valence-corrected chi connectivity index (χ2v) is 8.37. The average molecular weight is 397 g/mol. The van der Waals surface area contributed by atoms with Crippen LogP contribution in [0.4, 0.5) is 0 Å². The topological polar surface area (TPSA) is 84.5 Å². The first-order chi connectivity index (χ1) is 14.0. The Labute approximate surface area is 169 Å². The van der Waals surface area contributed by atoms with Crippen LogP contribution in [0, 0.1) is 6.92 Å². The minimum Gasteiger partial charge on any atom is -0.465 e. The Bertz CT molecular complexity index is 975. The highest BCUT2D eigenvalue weighted by Gasteiger charge is 2.35. The molecule has 2 aromatic heterocycles. The second-order valence-electron chi connectivity index (χ2n) is 8.37. The van der Waals surface area contributed by atoms with Crippen LogP contribution >= 0.6 is 0 Å². The molecule has 2 aliphatic heterocycles. The summed E-state index contributed by atoms with van der Waals surface area (Å²) in [7, 11) is 0. The van der Waals surface area contributed by atoms with Crippen LogP contribution in [0.5, 0.6) is 0 Å². The van der Waals surface area contributed by atoms with E-state index < -0.39 is 0 Å². The van der Waals surface area contributed by atoms with Crippen molar-refractivity contribution in [2.45, 2.75) is 71.5 Å². The minimum absolute atomic E-state index is 0.000797. The van der Waals surface area contributed by atoms with Crippen LogP contribution in [0.25, 0.3) is 0 Å². The number of carbonyl (C=O) groups excluding carboxylic acids is 2. The first kappa shape index (κ1) is 18.4. The van der Waals surface area contributed by atoms with E-state index in [9.17, 15) is 9.59 Å². The average Bonchev–Trinajstić information content (AvgIpc) is 3.42. The standard InChI is InChI=1S/C21H27N5O3/c1-13-19(15-6-3-4-8-17(15)29-13)21(28)24-10-11-26-18(12-24)22-23-20(26)16-7-5-9-25(16)14(2)27/h16H,3-12H2,1-2H3/t16-/m1/s1. The van der Waals surface area contributed by atoms with Gasteiger partial charge in [-0.3, -0.25) is 9.59 Å². The van der Waals surface area contributed by atoms with Gasteiger partial charge in [0.25, 0.3) is 5.91 Å². The van der Waals surface area contributed by atoms with E-state index in [4.69, 9.17) is 4.42 Å². The summed E-state index contributed by atoms with van der Waals surface area (Å²) in [6.07, 6.45) is 5.99. The summed E-state index contributed by atoms with van der Waals surface area (Å²) in [5.41, 5.74) is 1.86. The lowest BCUT2D eigenvalue weighted by Gasteiger charge is -2.30. The van der Waals surface area contributed by atoms with Gasteiger partial charge in [0.15, 0.2) is 11.6 Å². The van der Waals surface area contributed by atoms with Crippen molar-refractivity contribution in [1.82, 2.24) is 24.6 Å². The fourth-order valence-corrected chi connectivity index (χ4v) is 5.15. The molecule has 0 radical (unpaired) electrons. The second kappa shape index (κ2) is 7.00. The van der Waals surface area contributed by atoms with Gasteiger partial charge in [-0.05, 0) is 39.0 Å². The molecule has 2 aromatic rings. The molecule has 8 nitrogen and oxygen atoms in total. The molecule has 1 saturated heterocycles. The number of nitrogens with zero attached hydrogens (tertiary/aromatic N) is 5. The minimum atomic E-state index is -0.000797. The summed E-state index contributed by atoms with van der Waals surface area (Å²) in [4.78, 5) is 29.0. The maximum atomic E-state index is 13.3. The molecule has 0 bridgehead atoms. The Morgan fingerprint density at radius 3 is 2.72 bits per heavy atom. The fourth-order valence-electron chi connectivity index (χ4n) is 5.15. The molecule has 4 heterocycles. The Balaban J connectivity index is 1.39. The highest BCUT2D eigenvalue weighted by molar-refractivity contribution is 5.97. The SMILES string of the molecule is CC(=O)N1CCC[C@@H]1c1nnc2n1CCN(C(=O)c1c(C)oc3c1CCCC3)C2. The quantitative estimate of drug-likeness (QED) is 0.777. The molecular weight excluding hydrogens is 370 g/mol. The van der Waals surface area contributed by atoms with Crippen molar-refractivity contribution in [2.24, 2.45) is 0 Å². The fraction of sp³-hybridized carbons (Fsp3) is 0.619. The Hall–Kier alpha value is -2.64. The number of likely N-dealkylation sites (tertiary alicyclic amines) is 1. The monoisotopic (exact) mass is 397 g/mol. The number of furan rings is 1. The summed E-state index contributed by atoms with van der Waals surface area (Å²) in [6.45, 7) is 6.00. The van der Waals surface area contributed by atoms with E-state index in [2.05, 4.69) is 14.8 Å². The van der Waals surface area contributed by atoms with Gasteiger partial charge in [0.05, 0.1) is 18.2 Å². The van der Waals surface area contributed by atoms with Crippen LogP contribution in [0.3, 0.4) is 0 Å². The third kappa shape index (κ3) is 2.96. The number of aryl methyl sites for hydroxylation is 2. The van der Waals surface area contributed by atoms with Crippen molar-refractivity contribution in [2.75, 3.05) is 13.1 Å². The molecule has 29 heavy (non-hydrogen) atoms. The molecule has 0 saturated carbocycles.